The first-order valence-electron chi connectivity index (χ1n) is 26.8. The molecular weight excluding hydrogens is 823 g/mol. The largest absolute Gasteiger partial charge is 0.466 e. The number of aliphatic hydroxyl groups excluding tert-OH is 5. The normalized spacial score (nSPS) is 20.0. The van der Waals surface area contributed by atoms with Gasteiger partial charge in [-0.05, 0) is 64.2 Å². The van der Waals surface area contributed by atoms with E-state index in [-0.39, 0.29) is 18.5 Å². The Morgan fingerprint density at radius 1 is 0.554 bits per heavy atom. The summed E-state index contributed by atoms with van der Waals surface area (Å²) in [4.78, 5) is 25.0. The molecule has 0 aromatic rings. The molecule has 380 valence electrons. The molecule has 0 aliphatic carbocycles. The molecule has 0 aromatic heterocycles. The molecule has 1 fully saturated rings. The van der Waals surface area contributed by atoms with Gasteiger partial charge < -0.3 is 45.1 Å². The number of ether oxygens (including phenoxy) is 3. The van der Waals surface area contributed by atoms with Crippen LogP contribution in [0.2, 0.25) is 0 Å². The van der Waals surface area contributed by atoms with Crippen LogP contribution >= 0.6 is 0 Å². The highest BCUT2D eigenvalue weighted by atomic mass is 16.7. The predicted octanol–water partition coefficient (Wildman–Crippen LogP) is 11.2. The molecular formula is C54H99NO10. The van der Waals surface area contributed by atoms with Crippen LogP contribution in [-0.2, 0) is 23.8 Å². The second kappa shape index (κ2) is 44.4. The van der Waals surface area contributed by atoms with Gasteiger partial charge in [0.15, 0.2) is 6.29 Å². The van der Waals surface area contributed by atoms with E-state index in [1.165, 1.54) is 135 Å². The first-order valence-corrected chi connectivity index (χ1v) is 26.8. The number of hydrogen-bond acceptors (Lipinski definition) is 10. The summed E-state index contributed by atoms with van der Waals surface area (Å²) >= 11 is 0. The Bertz CT molecular complexity index is 1180. The van der Waals surface area contributed by atoms with Crippen molar-refractivity contribution in [2.75, 3.05) is 19.8 Å². The van der Waals surface area contributed by atoms with Gasteiger partial charge >= 0.3 is 5.97 Å². The second-order valence-electron chi connectivity index (χ2n) is 18.6. The van der Waals surface area contributed by atoms with Gasteiger partial charge in [-0.15, -0.1) is 0 Å². The molecule has 0 saturated carbocycles. The molecule has 0 bridgehead atoms. The van der Waals surface area contributed by atoms with Crippen LogP contribution in [0.5, 0.6) is 0 Å². The molecule has 0 spiro atoms. The molecule has 1 rings (SSSR count). The number of aliphatic hydroxyl groups is 5. The zero-order valence-electron chi connectivity index (χ0n) is 41.4. The van der Waals surface area contributed by atoms with Gasteiger partial charge in [0.1, 0.15) is 24.4 Å². The lowest BCUT2D eigenvalue weighted by molar-refractivity contribution is -0.302. The molecule has 0 aromatic carbocycles. The average Bonchev–Trinajstić information content (AvgIpc) is 3.30. The maximum absolute atomic E-state index is 13.0. The minimum Gasteiger partial charge on any atom is -0.466 e. The lowest BCUT2D eigenvalue weighted by Crippen LogP contribution is -2.60. The van der Waals surface area contributed by atoms with Crippen LogP contribution in [-0.4, -0.2) is 100 Å². The van der Waals surface area contributed by atoms with E-state index >= 15 is 0 Å². The third kappa shape index (κ3) is 34.8. The first kappa shape index (κ1) is 60.9. The summed E-state index contributed by atoms with van der Waals surface area (Å²) in [5.74, 6) is -0.240. The smallest absolute Gasteiger partial charge is 0.305 e. The van der Waals surface area contributed by atoms with Crippen LogP contribution in [0.25, 0.3) is 0 Å². The number of carbonyl (C=O) groups is 2. The van der Waals surface area contributed by atoms with Crippen molar-refractivity contribution in [2.45, 2.75) is 275 Å². The molecule has 11 nitrogen and oxygen atoms in total. The van der Waals surface area contributed by atoms with Gasteiger partial charge in [-0.2, -0.15) is 0 Å². The Morgan fingerprint density at radius 2 is 1.02 bits per heavy atom. The number of esters is 1. The van der Waals surface area contributed by atoms with Crippen LogP contribution in [0.15, 0.2) is 36.5 Å². The second-order valence-corrected chi connectivity index (χ2v) is 18.6. The van der Waals surface area contributed by atoms with Crippen molar-refractivity contribution in [1.82, 2.24) is 5.32 Å². The Morgan fingerprint density at radius 3 is 1.57 bits per heavy atom. The van der Waals surface area contributed by atoms with Gasteiger partial charge in [0.25, 0.3) is 0 Å². The Hall–Kier alpha value is -2.12. The van der Waals surface area contributed by atoms with Crippen molar-refractivity contribution in [3.8, 4) is 0 Å². The third-order valence-corrected chi connectivity index (χ3v) is 12.5. The van der Waals surface area contributed by atoms with Crippen LogP contribution in [0.4, 0.5) is 0 Å². The molecule has 0 radical (unpaired) electrons. The van der Waals surface area contributed by atoms with Gasteiger partial charge in [0, 0.05) is 12.8 Å². The molecule has 1 aliphatic heterocycles. The average molecular weight is 922 g/mol. The van der Waals surface area contributed by atoms with E-state index < -0.39 is 49.5 Å². The molecule has 1 heterocycles. The van der Waals surface area contributed by atoms with Crippen molar-refractivity contribution in [3.05, 3.63) is 36.5 Å². The number of rotatable bonds is 45. The summed E-state index contributed by atoms with van der Waals surface area (Å²) in [7, 11) is 0. The fourth-order valence-electron chi connectivity index (χ4n) is 8.14. The van der Waals surface area contributed by atoms with E-state index in [4.69, 9.17) is 14.2 Å². The standard InChI is InChI=1S/C54H99NO10/c1-3-5-7-9-11-13-15-21-24-28-32-36-40-47(57)46(45-64-54-53(62)52(61)51(60)48(44-56)65-54)55-49(58)41-37-33-29-25-22-18-16-17-19-23-27-31-35-39-43-63-50(59)42-38-34-30-26-20-14-12-10-8-6-4-2/h10,12,21,24,36,40,46-48,51-54,56-57,60-62H,3-9,11,13-20,22-23,25-35,37-39,41-45H2,1-2H3,(H,55,58)/b12-10-,24-21+,40-36+. The van der Waals surface area contributed by atoms with Gasteiger partial charge in [-0.25, -0.2) is 0 Å². The van der Waals surface area contributed by atoms with Crippen LogP contribution in [0.1, 0.15) is 232 Å². The molecule has 1 amide bonds. The highest BCUT2D eigenvalue weighted by Gasteiger charge is 2.44. The highest BCUT2D eigenvalue weighted by Crippen LogP contribution is 2.23. The zero-order chi connectivity index (χ0) is 47.4. The number of allylic oxidation sites excluding steroid dienone is 5. The van der Waals surface area contributed by atoms with E-state index in [1.54, 1.807) is 6.08 Å². The molecule has 7 unspecified atom stereocenters. The van der Waals surface area contributed by atoms with E-state index in [9.17, 15) is 35.1 Å². The summed E-state index contributed by atoms with van der Waals surface area (Å²) in [6.07, 6.45) is 42.2. The summed E-state index contributed by atoms with van der Waals surface area (Å²) in [5, 5.41) is 54.2. The van der Waals surface area contributed by atoms with E-state index in [1.807, 2.05) is 6.08 Å². The summed E-state index contributed by atoms with van der Waals surface area (Å²) in [5.41, 5.74) is 0. The van der Waals surface area contributed by atoms with Crippen molar-refractivity contribution in [1.29, 1.82) is 0 Å². The number of unbranched alkanes of at least 4 members (excludes halogenated alkanes) is 27. The molecule has 65 heavy (non-hydrogen) atoms. The SMILES string of the molecule is CCCC/C=C\CCCCCCCC(=O)OCCCCCCCCCCCCCCCCC(=O)NC(COC1OC(CO)C(O)C(O)C1O)C(O)/C=C/CC/C=C/CCCCCCCC. The first-order chi connectivity index (χ1) is 31.7. The van der Waals surface area contributed by atoms with Crippen molar-refractivity contribution in [2.24, 2.45) is 0 Å². The van der Waals surface area contributed by atoms with Gasteiger partial charge in [-0.3, -0.25) is 9.59 Å². The molecule has 1 aliphatic rings. The highest BCUT2D eigenvalue weighted by molar-refractivity contribution is 5.76. The van der Waals surface area contributed by atoms with Crippen LogP contribution < -0.4 is 5.32 Å². The van der Waals surface area contributed by atoms with E-state index in [0.717, 1.165) is 70.6 Å². The predicted molar refractivity (Wildman–Crippen MR) is 264 cm³/mol. The Kier molecular flexibility index (Phi) is 41.6. The van der Waals surface area contributed by atoms with Crippen LogP contribution in [0, 0.1) is 0 Å². The molecule has 7 atom stereocenters. The van der Waals surface area contributed by atoms with Crippen LogP contribution in [0.3, 0.4) is 0 Å². The van der Waals surface area contributed by atoms with Gasteiger partial charge in [0.05, 0.1) is 32.0 Å². The lowest BCUT2D eigenvalue weighted by atomic mass is 9.99. The molecule has 6 N–H and O–H groups in total. The number of amides is 1. The lowest BCUT2D eigenvalue weighted by Gasteiger charge is -2.40. The monoisotopic (exact) mass is 922 g/mol. The summed E-state index contributed by atoms with van der Waals surface area (Å²) in [6, 6.07) is -0.835. The topological polar surface area (TPSA) is 175 Å². The molecule has 11 heteroatoms. The zero-order valence-corrected chi connectivity index (χ0v) is 41.4. The van der Waals surface area contributed by atoms with Crippen molar-refractivity contribution in [3.63, 3.8) is 0 Å². The van der Waals surface area contributed by atoms with E-state index in [0.29, 0.717) is 19.4 Å². The minimum absolute atomic E-state index is 0.0354. The Balaban J connectivity index is 2.17. The van der Waals surface area contributed by atoms with Crippen molar-refractivity contribution >= 4 is 11.9 Å². The summed E-state index contributed by atoms with van der Waals surface area (Å²) < 4.78 is 16.6. The molecule has 1 saturated heterocycles. The maximum atomic E-state index is 13.0. The number of nitrogens with one attached hydrogen (secondary N) is 1. The number of carbonyl (C=O) groups excluding carboxylic acids is 2. The van der Waals surface area contributed by atoms with Crippen molar-refractivity contribution < 1.29 is 49.3 Å². The quantitative estimate of drug-likeness (QED) is 0.0196. The number of hydrogen-bond donors (Lipinski definition) is 6. The Labute approximate surface area is 396 Å². The van der Waals surface area contributed by atoms with E-state index in [2.05, 4.69) is 43.5 Å². The summed E-state index contributed by atoms with van der Waals surface area (Å²) in [6.45, 7) is 4.22. The van der Waals surface area contributed by atoms with Gasteiger partial charge in [-0.1, -0.05) is 192 Å². The van der Waals surface area contributed by atoms with Gasteiger partial charge in [0.2, 0.25) is 5.91 Å². The minimum atomic E-state index is -1.58. The fraction of sp³-hybridized carbons (Fsp3) is 0.852. The maximum Gasteiger partial charge on any atom is 0.305 e. The third-order valence-electron chi connectivity index (χ3n) is 12.5. The fourth-order valence-corrected chi connectivity index (χ4v) is 8.14.